The van der Waals surface area contributed by atoms with Crippen LogP contribution in [-0.2, 0) is 20.9 Å². The van der Waals surface area contributed by atoms with Gasteiger partial charge in [0, 0.05) is 39.1 Å². The first kappa shape index (κ1) is 18.1. The zero-order valence-electron chi connectivity index (χ0n) is 15.8. The van der Waals surface area contributed by atoms with Crippen molar-refractivity contribution in [3.8, 4) is 0 Å². The summed E-state index contributed by atoms with van der Waals surface area (Å²) in [4.78, 5) is 41.2. The molecule has 10 nitrogen and oxygen atoms in total. The first-order chi connectivity index (χ1) is 14.1. The number of hydrogen-bond donors (Lipinski definition) is 1. The maximum Gasteiger partial charge on any atom is 0.329 e. The monoisotopic (exact) mass is 399 g/mol. The highest BCUT2D eigenvalue weighted by Gasteiger charge is 2.34. The second-order valence-electron chi connectivity index (χ2n) is 7.58. The Kier molecular flexibility index (Phi) is 4.44. The molecule has 4 heterocycles. The average Bonchev–Trinajstić information content (AvgIpc) is 3.11. The van der Waals surface area contributed by atoms with E-state index >= 15 is 0 Å². The van der Waals surface area contributed by atoms with Gasteiger partial charge in [-0.1, -0.05) is 11.2 Å². The van der Waals surface area contributed by atoms with Gasteiger partial charge in [-0.05, 0) is 17.7 Å². The average molecular weight is 399 g/mol. The number of carbonyl (C=O) groups excluding carboxylic acids is 3. The molecule has 3 aliphatic heterocycles. The van der Waals surface area contributed by atoms with E-state index in [0.717, 1.165) is 24.0 Å². The highest BCUT2D eigenvalue weighted by Crippen LogP contribution is 2.29. The highest BCUT2D eigenvalue weighted by molar-refractivity contribution is 6.08. The topological polar surface area (TPSA) is 108 Å². The van der Waals surface area contributed by atoms with Gasteiger partial charge in [-0.15, -0.1) is 0 Å². The Morgan fingerprint density at radius 3 is 2.93 bits per heavy atom. The first-order valence-corrected chi connectivity index (χ1v) is 9.68. The number of carbonyl (C=O) groups is 3. The Morgan fingerprint density at radius 2 is 2.07 bits per heavy atom. The summed E-state index contributed by atoms with van der Waals surface area (Å²) in [5, 5.41) is 7.09. The third-order valence-corrected chi connectivity index (χ3v) is 5.65. The molecule has 3 fully saturated rings. The van der Waals surface area contributed by atoms with Crippen LogP contribution >= 0.6 is 0 Å². The quantitative estimate of drug-likeness (QED) is 0.792. The number of fused-ring (bicyclic) bond motifs is 2. The maximum atomic E-state index is 12.2. The molecule has 0 unspecified atom stereocenters. The molecule has 0 aliphatic carbocycles. The van der Waals surface area contributed by atoms with Crippen molar-refractivity contribution >= 4 is 34.6 Å². The van der Waals surface area contributed by atoms with Gasteiger partial charge in [-0.25, -0.2) is 4.79 Å². The van der Waals surface area contributed by atoms with Gasteiger partial charge in [-0.3, -0.25) is 24.7 Å². The Morgan fingerprint density at radius 1 is 1.17 bits per heavy atom. The Bertz CT molecular complexity index is 989. The van der Waals surface area contributed by atoms with Crippen LogP contribution in [0.2, 0.25) is 0 Å². The molecular formula is C19H21N5O5. The summed E-state index contributed by atoms with van der Waals surface area (Å²) in [5.41, 5.74) is 1.65. The summed E-state index contributed by atoms with van der Waals surface area (Å²) in [6.07, 6.45) is 0.228. The fraction of sp³-hybridized carbons (Fsp3) is 0.474. The van der Waals surface area contributed by atoms with Crippen LogP contribution in [0.15, 0.2) is 22.7 Å². The molecule has 29 heavy (non-hydrogen) atoms. The largest absolute Gasteiger partial charge is 0.369 e. The number of rotatable bonds is 3. The molecular weight excluding hydrogens is 378 g/mol. The first-order valence-electron chi connectivity index (χ1n) is 9.68. The van der Waals surface area contributed by atoms with Crippen molar-refractivity contribution in [2.75, 3.05) is 44.3 Å². The standard InChI is InChI=1S/C19H21N5O5/c25-16-3-4-24(19(27)20-16)18-14-7-12(1-2-15(14)29-21-18)8-22-5-6-23-13(9-22)10-28-11-17(23)26/h1-2,7,13H,3-6,8-11H2,(H,20,25,27)/t13-/m1/s1. The minimum Gasteiger partial charge on any atom is -0.369 e. The molecule has 5 rings (SSSR count). The molecule has 1 aromatic carbocycles. The van der Waals surface area contributed by atoms with Gasteiger partial charge in [0.05, 0.1) is 18.0 Å². The molecule has 152 valence electrons. The van der Waals surface area contributed by atoms with E-state index in [9.17, 15) is 14.4 Å². The van der Waals surface area contributed by atoms with Gasteiger partial charge in [0.1, 0.15) is 6.61 Å². The molecule has 10 heteroatoms. The highest BCUT2D eigenvalue weighted by atomic mass is 16.5. The minimum atomic E-state index is -0.486. The van der Waals surface area contributed by atoms with Gasteiger partial charge in [0.2, 0.25) is 11.8 Å². The van der Waals surface area contributed by atoms with E-state index in [1.165, 1.54) is 4.90 Å². The van der Waals surface area contributed by atoms with Crippen molar-refractivity contribution in [1.29, 1.82) is 0 Å². The Hall–Kier alpha value is -2.98. The number of urea groups is 1. The number of benzene rings is 1. The van der Waals surface area contributed by atoms with Crippen molar-refractivity contribution in [1.82, 2.24) is 20.3 Å². The van der Waals surface area contributed by atoms with E-state index in [1.807, 2.05) is 23.1 Å². The molecule has 0 saturated carbocycles. The molecule has 0 radical (unpaired) electrons. The zero-order valence-corrected chi connectivity index (χ0v) is 15.8. The summed E-state index contributed by atoms with van der Waals surface area (Å²) in [6, 6.07) is 5.40. The lowest BCUT2D eigenvalue weighted by Gasteiger charge is -2.43. The van der Waals surface area contributed by atoms with Gasteiger partial charge >= 0.3 is 6.03 Å². The van der Waals surface area contributed by atoms with Gasteiger partial charge in [0.15, 0.2) is 11.4 Å². The van der Waals surface area contributed by atoms with Crippen molar-refractivity contribution < 1.29 is 23.6 Å². The second-order valence-corrected chi connectivity index (χ2v) is 7.58. The second kappa shape index (κ2) is 7.12. The van der Waals surface area contributed by atoms with E-state index < -0.39 is 6.03 Å². The molecule has 3 saturated heterocycles. The smallest absolute Gasteiger partial charge is 0.329 e. The number of nitrogens with zero attached hydrogens (tertiary/aromatic N) is 4. The molecule has 2 aromatic rings. The van der Waals surface area contributed by atoms with Crippen molar-refractivity contribution in [2.24, 2.45) is 0 Å². The van der Waals surface area contributed by atoms with Crippen LogP contribution in [0.25, 0.3) is 11.0 Å². The Labute approximate surface area is 166 Å². The molecule has 1 aromatic heterocycles. The Balaban J connectivity index is 1.34. The molecule has 4 amide bonds. The fourth-order valence-electron chi connectivity index (χ4n) is 4.19. The van der Waals surface area contributed by atoms with Crippen LogP contribution in [0.1, 0.15) is 12.0 Å². The number of hydrogen-bond acceptors (Lipinski definition) is 7. The summed E-state index contributed by atoms with van der Waals surface area (Å²) < 4.78 is 10.8. The number of morpholine rings is 1. The predicted molar refractivity (Wildman–Crippen MR) is 101 cm³/mol. The van der Waals surface area contributed by atoms with Crippen LogP contribution < -0.4 is 10.2 Å². The number of piperazine rings is 1. The van der Waals surface area contributed by atoms with Crippen molar-refractivity contribution in [2.45, 2.75) is 19.0 Å². The lowest BCUT2D eigenvalue weighted by atomic mass is 10.1. The molecule has 3 aliphatic rings. The third kappa shape index (κ3) is 3.34. The maximum absolute atomic E-state index is 12.2. The van der Waals surface area contributed by atoms with Crippen LogP contribution in [0.5, 0.6) is 0 Å². The molecule has 1 atom stereocenters. The number of nitrogens with one attached hydrogen (secondary N) is 1. The van der Waals surface area contributed by atoms with Crippen molar-refractivity contribution in [3.05, 3.63) is 23.8 Å². The normalized spacial score (nSPS) is 23.4. The van der Waals surface area contributed by atoms with E-state index in [1.54, 1.807) is 0 Å². The molecule has 0 spiro atoms. The number of ether oxygens (including phenoxy) is 1. The number of imide groups is 1. The summed E-state index contributed by atoms with van der Waals surface area (Å²) >= 11 is 0. The fourth-order valence-corrected chi connectivity index (χ4v) is 4.19. The lowest BCUT2D eigenvalue weighted by Crippen LogP contribution is -2.59. The van der Waals surface area contributed by atoms with Crippen LogP contribution in [0, 0.1) is 0 Å². The molecule has 1 N–H and O–H groups in total. The van der Waals surface area contributed by atoms with E-state index in [-0.39, 0.29) is 37.4 Å². The van der Waals surface area contributed by atoms with Gasteiger partial charge in [-0.2, -0.15) is 0 Å². The molecule has 0 bridgehead atoms. The van der Waals surface area contributed by atoms with Crippen LogP contribution in [0.4, 0.5) is 10.6 Å². The van der Waals surface area contributed by atoms with Crippen LogP contribution in [-0.4, -0.2) is 78.2 Å². The van der Waals surface area contributed by atoms with E-state index in [4.69, 9.17) is 9.26 Å². The van der Waals surface area contributed by atoms with E-state index in [0.29, 0.717) is 31.1 Å². The predicted octanol–water partition coefficient (Wildman–Crippen LogP) is 0.317. The summed E-state index contributed by atoms with van der Waals surface area (Å²) in [7, 11) is 0. The van der Waals surface area contributed by atoms with Gasteiger partial charge < -0.3 is 14.2 Å². The minimum absolute atomic E-state index is 0.0646. The third-order valence-electron chi connectivity index (χ3n) is 5.65. The van der Waals surface area contributed by atoms with Gasteiger partial charge in [0.25, 0.3) is 0 Å². The SMILES string of the molecule is O=C1CCN(c2noc3ccc(CN4CCN5C(=O)COC[C@H]5C4)cc23)C(=O)N1. The zero-order chi connectivity index (χ0) is 20.0. The number of anilines is 1. The van der Waals surface area contributed by atoms with E-state index in [2.05, 4.69) is 15.4 Å². The number of aromatic nitrogens is 1. The summed E-state index contributed by atoms with van der Waals surface area (Å²) in [6.45, 7) is 4.00. The lowest BCUT2D eigenvalue weighted by molar-refractivity contribution is -0.152. The summed E-state index contributed by atoms with van der Waals surface area (Å²) in [5.74, 6) is 0.196. The van der Waals surface area contributed by atoms with Crippen molar-refractivity contribution in [3.63, 3.8) is 0 Å². The number of amides is 4. The van der Waals surface area contributed by atoms with Crippen LogP contribution in [0.3, 0.4) is 0 Å².